The molecule has 2 aromatic rings. The van der Waals surface area contributed by atoms with Crippen molar-refractivity contribution >= 4 is 31.9 Å². The van der Waals surface area contributed by atoms with E-state index in [9.17, 15) is 13.2 Å². The molecule has 30 heavy (non-hydrogen) atoms. The lowest BCUT2D eigenvalue weighted by Crippen LogP contribution is -2.50. The van der Waals surface area contributed by atoms with E-state index in [1.165, 1.54) is 4.31 Å². The Bertz CT molecular complexity index is 1060. The van der Waals surface area contributed by atoms with E-state index in [1.54, 1.807) is 17.0 Å². The van der Waals surface area contributed by atoms with Gasteiger partial charge in [0.25, 0.3) is 0 Å². The van der Waals surface area contributed by atoms with E-state index in [-0.39, 0.29) is 11.9 Å². The van der Waals surface area contributed by atoms with E-state index in [2.05, 4.69) is 21.0 Å². The molecule has 1 saturated heterocycles. The molecular formula is C21H29BrN4O3S. The van der Waals surface area contributed by atoms with Crippen LogP contribution in [0.25, 0.3) is 0 Å². The number of amides is 1. The van der Waals surface area contributed by atoms with E-state index >= 15 is 0 Å². The maximum atomic E-state index is 13.0. The number of hydrogen-bond donors (Lipinski definition) is 0. The fourth-order valence-electron chi connectivity index (χ4n) is 3.74. The number of piperazine rings is 1. The van der Waals surface area contributed by atoms with Crippen LogP contribution >= 0.6 is 15.9 Å². The maximum absolute atomic E-state index is 13.0. The zero-order valence-electron chi connectivity index (χ0n) is 18.1. The lowest BCUT2D eigenvalue weighted by molar-refractivity contribution is -0.133. The zero-order chi connectivity index (χ0) is 22.2. The lowest BCUT2D eigenvalue weighted by atomic mass is 10.1. The van der Waals surface area contributed by atoms with Crippen molar-refractivity contribution in [3.05, 3.63) is 45.2 Å². The Morgan fingerprint density at radius 2 is 1.73 bits per heavy atom. The zero-order valence-corrected chi connectivity index (χ0v) is 20.5. The standard InChI is InChI=1S/C21H29BrN4O3S/c1-14-6-7-19(12-15(14)2)30(28,29)25-10-8-24(9-11-25)20(27)13-16(3)26-18(5)21(22)17(4)23-26/h6-7,12,16H,8-11,13H2,1-5H3/t16-/m1/s1. The number of halogens is 1. The summed E-state index contributed by atoms with van der Waals surface area (Å²) in [5.74, 6) is 0.0226. The summed E-state index contributed by atoms with van der Waals surface area (Å²) in [6.07, 6.45) is 0.332. The van der Waals surface area contributed by atoms with Gasteiger partial charge >= 0.3 is 0 Å². The first-order valence-corrected chi connectivity index (χ1v) is 12.3. The highest BCUT2D eigenvalue weighted by Crippen LogP contribution is 2.25. The summed E-state index contributed by atoms with van der Waals surface area (Å²) in [6, 6.07) is 5.14. The van der Waals surface area contributed by atoms with Crippen molar-refractivity contribution < 1.29 is 13.2 Å². The number of hydrogen-bond acceptors (Lipinski definition) is 4. The molecule has 1 atom stereocenters. The molecule has 1 amide bonds. The average Bonchev–Trinajstić information content (AvgIpc) is 2.97. The molecule has 1 fully saturated rings. The minimum Gasteiger partial charge on any atom is -0.340 e. The average molecular weight is 497 g/mol. The molecule has 0 saturated carbocycles. The van der Waals surface area contributed by atoms with Gasteiger partial charge in [0.05, 0.1) is 26.8 Å². The number of carbonyl (C=O) groups is 1. The molecule has 0 unspecified atom stereocenters. The van der Waals surface area contributed by atoms with Crippen LogP contribution in [0.5, 0.6) is 0 Å². The van der Waals surface area contributed by atoms with Crippen molar-refractivity contribution in [2.45, 2.75) is 52.0 Å². The van der Waals surface area contributed by atoms with Gasteiger partial charge in [-0.15, -0.1) is 0 Å². The van der Waals surface area contributed by atoms with Crippen LogP contribution in [-0.4, -0.2) is 59.5 Å². The normalized spacial score (nSPS) is 16.7. The van der Waals surface area contributed by atoms with Crippen LogP contribution in [0.2, 0.25) is 0 Å². The molecule has 0 bridgehead atoms. The van der Waals surface area contributed by atoms with Crippen molar-refractivity contribution in [2.24, 2.45) is 0 Å². The summed E-state index contributed by atoms with van der Waals surface area (Å²) in [4.78, 5) is 14.9. The number of carbonyl (C=O) groups excluding carboxylic acids is 1. The minimum absolute atomic E-state index is 0.0226. The molecule has 0 aliphatic carbocycles. The third kappa shape index (κ3) is 4.48. The highest BCUT2D eigenvalue weighted by Gasteiger charge is 2.31. The molecular weight excluding hydrogens is 468 g/mol. The number of aromatic nitrogens is 2. The molecule has 1 aromatic heterocycles. The number of rotatable bonds is 5. The van der Waals surface area contributed by atoms with Crippen LogP contribution < -0.4 is 0 Å². The summed E-state index contributed by atoms with van der Waals surface area (Å²) < 4.78 is 30.2. The Balaban J connectivity index is 1.62. The van der Waals surface area contributed by atoms with Crippen molar-refractivity contribution in [3.8, 4) is 0 Å². The van der Waals surface area contributed by atoms with E-state index in [4.69, 9.17) is 0 Å². The van der Waals surface area contributed by atoms with Gasteiger partial charge in [-0.25, -0.2) is 8.42 Å². The van der Waals surface area contributed by atoms with E-state index in [1.807, 2.05) is 45.4 Å². The summed E-state index contributed by atoms with van der Waals surface area (Å²) in [5.41, 5.74) is 3.91. The van der Waals surface area contributed by atoms with Gasteiger partial charge in [-0.3, -0.25) is 9.48 Å². The molecule has 1 aromatic carbocycles. The smallest absolute Gasteiger partial charge is 0.243 e. The molecule has 3 rings (SSSR count). The Labute approximate surface area is 187 Å². The van der Waals surface area contributed by atoms with Gasteiger partial charge in [0.15, 0.2) is 0 Å². The SMILES string of the molecule is Cc1ccc(S(=O)(=O)N2CCN(C(=O)C[C@@H](C)n3nc(C)c(Br)c3C)CC2)cc1C. The number of sulfonamides is 1. The highest BCUT2D eigenvalue weighted by atomic mass is 79.9. The van der Waals surface area contributed by atoms with Crippen LogP contribution in [0.15, 0.2) is 27.6 Å². The van der Waals surface area contributed by atoms with Crippen molar-refractivity contribution in [3.63, 3.8) is 0 Å². The molecule has 7 nitrogen and oxygen atoms in total. The molecule has 0 radical (unpaired) electrons. The number of nitrogens with zero attached hydrogens (tertiary/aromatic N) is 4. The second-order valence-electron chi connectivity index (χ2n) is 8.01. The van der Waals surface area contributed by atoms with Crippen molar-refractivity contribution in [1.82, 2.24) is 19.0 Å². The van der Waals surface area contributed by atoms with Crippen LogP contribution in [0, 0.1) is 27.7 Å². The molecule has 1 aliphatic rings. The first kappa shape index (κ1) is 23.0. The Morgan fingerprint density at radius 3 is 2.27 bits per heavy atom. The van der Waals surface area contributed by atoms with E-state index in [0.717, 1.165) is 27.0 Å². The maximum Gasteiger partial charge on any atom is 0.243 e. The van der Waals surface area contributed by atoms with Crippen molar-refractivity contribution in [2.75, 3.05) is 26.2 Å². The second-order valence-corrected chi connectivity index (χ2v) is 10.7. The van der Waals surface area contributed by atoms with E-state index < -0.39 is 10.0 Å². The molecule has 164 valence electrons. The minimum atomic E-state index is -3.55. The van der Waals surface area contributed by atoms with Gasteiger partial charge in [-0.05, 0) is 73.8 Å². The third-order valence-corrected chi connectivity index (χ3v) is 8.87. The predicted molar refractivity (Wildman–Crippen MR) is 120 cm³/mol. The second kappa shape index (κ2) is 8.80. The fourth-order valence-corrected chi connectivity index (χ4v) is 5.51. The first-order valence-electron chi connectivity index (χ1n) is 10.1. The first-order chi connectivity index (χ1) is 14.0. The molecule has 9 heteroatoms. The van der Waals surface area contributed by atoms with Crippen LogP contribution in [-0.2, 0) is 14.8 Å². The summed E-state index contributed by atoms with van der Waals surface area (Å²) in [5, 5.41) is 4.51. The monoisotopic (exact) mass is 496 g/mol. The van der Waals surface area contributed by atoms with E-state index in [0.29, 0.717) is 37.5 Å². The highest BCUT2D eigenvalue weighted by molar-refractivity contribution is 9.10. The summed E-state index contributed by atoms with van der Waals surface area (Å²) >= 11 is 3.52. The largest absolute Gasteiger partial charge is 0.340 e. The number of benzene rings is 1. The Morgan fingerprint density at radius 1 is 1.10 bits per heavy atom. The van der Waals surface area contributed by atoms with Gasteiger partial charge in [-0.1, -0.05) is 6.07 Å². The van der Waals surface area contributed by atoms with Gasteiger partial charge in [0.1, 0.15) is 0 Å². The molecule has 1 aliphatic heterocycles. The van der Waals surface area contributed by atoms with Gasteiger partial charge < -0.3 is 4.90 Å². The molecule has 2 heterocycles. The van der Waals surface area contributed by atoms with Crippen molar-refractivity contribution in [1.29, 1.82) is 0 Å². The fraction of sp³-hybridized carbons (Fsp3) is 0.524. The quantitative estimate of drug-likeness (QED) is 0.635. The topological polar surface area (TPSA) is 75.5 Å². The number of aryl methyl sites for hydroxylation is 3. The van der Waals surface area contributed by atoms with Gasteiger partial charge in [-0.2, -0.15) is 9.40 Å². The summed E-state index contributed by atoms with van der Waals surface area (Å²) in [6.45, 7) is 11.2. The van der Waals surface area contributed by atoms with Crippen LogP contribution in [0.1, 0.15) is 41.9 Å². The Kier molecular flexibility index (Phi) is 6.74. The predicted octanol–water partition coefficient (Wildman–Crippen LogP) is 3.36. The van der Waals surface area contributed by atoms with Gasteiger partial charge in [0.2, 0.25) is 15.9 Å². The lowest BCUT2D eigenvalue weighted by Gasteiger charge is -2.34. The van der Waals surface area contributed by atoms with Crippen LogP contribution in [0.4, 0.5) is 0 Å². The van der Waals surface area contributed by atoms with Gasteiger partial charge in [0, 0.05) is 32.6 Å². The Hall–Kier alpha value is -1.71. The third-order valence-electron chi connectivity index (χ3n) is 5.83. The molecule has 0 spiro atoms. The molecule has 0 N–H and O–H groups in total. The van der Waals surface area contributed by atoms with Crippen LogP contribution in [0.3, 0.4) is 0 Å². The summed E-state index contributed by atoms with van der Waals surface area (Å²) in [7, 11) is -3.55.